The van der Waals surface area contributed by atoms with Crippen molar-refractivity contribution in [1.82, 2.24) is 0 Å². The van der Waals surface area contributed by atoms with Crippen molar-refractivity contribution in [3.8, 4) is 5.75 Å². The smallest absolute Gasteiger partial charge is 0.347 e. The van der Waals surface area contributed by atoms with Gasteiger partial charge in [-0.3, -0.25) is 0 Å². The lowest BCUT2D eigenvalue weighted by atomic mass is 9.47. The van der Waals surface area contributed by atoms with Crippen LogP contribution in [0, 0.1) is 46.3 Å². The summed E-state index contributed by atoms with van der Waals surface area (Å²) >= 11 is 0. The van der Waals surface area contributed by atoms with Crippen LogP contribution in [0.15, 0.2) is 42.0 Å². The zero-order valence-corrected chi connectivity index (χ0v) is 25.6. The van der Waals surface area contributed by atoms with E-state index in [4.69, 9.17) is 9.47 Å². The standard InChI is InChI=1S/C36H54O3/c1-24(2)11-10-12-25(3)31-17-18-32-30-16-15-27-23-29(19-21-35(27,5)33(30)20-22-36(31,32)6)39-34(37)26(4)38-28-13-8-7-9-14-28/h7-9,13-15,24-26,29-33H,10-12,16-23H2,1-6H3/t25-,26-,29-,30+,31-,32+,33+,35-,36+/m0/s1. The molecule has 9 atom stereocenters. The largest absolute Gasteiger partial charge is 0.479 e. The first-order valence-electron chi connectivity index (χ1n) is 16.2. The third kappa shape index (κ3) is 5.71. The van der Waals surface area contributed by atoms with Crippen molar-refractivity contribution in [1.29, 1.82) is 0 Å². The van der Waals surface area contributed by atoms with Gasteiger partial charge in [0.05, 0.1) is 0 Å². The zero-order chi connectivity index (χ0) is 27.8. The van der Waals surface area contributed by atoms with Gasteiger partial charge in [0.25, 0.3) is 0 Å². The molecule has 0 aromatic heterocycles. The average molecular weight is 535 g/mol. The van der Waals surface area contributed by atoms with Crippen LogP contribution in [-0.2, 0) is 9.53 Å². The van der Waals surface area contributed by atoms with E-state index in [1.165, 1.54) is 51.4 Å². The first kappa shape index (κ1) is 28.7. The van der Waals surface area contributed by atoms with E-state index in [0.29, 0.717) is 11.2 Å². The number of ether oxygens (including phenoxy) is 2. The van der Waals surface area contributed by atoms with Crippen molar-refractivity contribution in [3.63, 3.8) is 0 Å². The molecule has 0 heterocycles. The molecule has 0 amide bonds. The molecule has 0 radical (unpaired) electrons. The van der Waals surface area contributed by atoms with Crippen LogP contribution in [0.2, 0.25) is 0 Å². The summed E-state index contributed by atoms with van der Waals surface area (Å²) in [6.45, 7) is 14.3. The predicted molar refractivity (Wildman–Crippen MR) is 159 cm³/mol. The molecule has 0 aliphatic heterocycles. The zero-order valence-electron chi connectivity index (χ0n) is 25.6. The van der Waals surface area contributed by atoms with Crippen LogP contribution >= 0.6 is 0 Å². The first-order valence-corrected chi connectivity index (χ1v) is 16.2. The Balaban J connectivity index is 1.21. The number of hydrogen-bond donors (Lipinski definition) is 0. The highest BCUT2D eigenvalue weighted by Gasteiger charge is 2.59. The molecule has 3 fully saturated rings. The minimum Gasteiger partial charge on any atom is -0.479 e. The van der Waals surface area contributed by atoms with E-state index in [9.17, 15) is 4.79 Å². The summed E-state index contributed by atoms with van der Waals surface area (Å²) in [6, 6.07) is 9.56. The quantitative estimate of drug-likeness (QED) is 0.234. The van der Waals surface area contributed by atoms with Gasteiger partial charge in [-0.05, 0) is 110 Å². The minimum absolute atomic E-state index is 0.0217. The Hall–Kier alpha value is -1.77. The molecule has 0 unspecified atom stereocenters. The van der Waals surface area contributed by atoms with Crippen LogP contribution in [0.5, 0.6) is 5.75 Å². The van der Waals surface area contributed by atoms with Crippen LogP contribution < -0.4 is 4.74 Å². The van der Waals surface area contributed by atoms with Crippen molar-refractivity contribution in [2.45, 2.75) is 124 Å². The number of carbonyl (C=O) groups excluding carboxylic acids is 1. The molecule has 0 spiro atoms. The molecular formula is C36H54O3. The van der Waals surface area contributed by atoms with Gasteiger partial charge in [-0.25, -0.2) is 4.79 Å². The molecule has 4 aliphatic rings. The lowest BCUT2D eigenvalue weighted by Gasteiger charge is -2.58. The third-order valence-corrected chi connectivity index (χ3v) is 11.9. The summed E-state index contributed by atoms with van der Waals surface area (Å²) < 4.78 is 11.9. The van der Waals surface area contributed by atoms with E-state index in [0.717, 1.165) is 54.8 Å². The van der Waals surface area contributed by atoms with Crippen molar-refractivity contribution >= 4 is 5.97 Å². The van der Waals surface area contributed by atoms with Gasteiger partial charge >= 0.3 is 5.97 Å². The fourth-order valence-electron chi connectivity index (χ4n) is 9.76. The summed E-state index contributed by atoms with van der Waals surface area (Å²) in [5, 5.41) is 0. The summed E-state index contributed by atoms with van der Waals surface area (Å²) in [5.74, 6) is 5.58. The van der Waals surface area contributed by atoms with Crippen LogP contribution in [0.1, 0.15) is 112 Å². The maximum Gasteiger partial charge on any atom is 0.347 e. The van der Waals surface area contributed by atoms with Gasteiger partial charge in [0.1, 0.15) is 11.9 Å². The van der Waals surface area contributed by atoms with Gasteiger partial charge in [0, 0.05) is 6.42 Å². The van der Waals surface area contributed by atoms with Crippen molar-refractivity contribution in [3.05, 3.63) is 42.0 Å². The first-order chi connectivity index (χ1) is 18.6. The van der Waals surface area contributed by atoms with E-state index in [-0.39, 0.29) is 17.5 Å². The fourth-order valence-corrected chi connectivity index (χ4v) is 9.76. The second-order valence-electron chi connectivity index (χ2n) is 14.7. The van der Waals surface area contributed by atoms with Crippen LogP contribution in [0.25, 0.3) is 0 Å². The monoisotopic (exact) mass is 534 g/mol. The number of esters is 1. The number of benzene rings is 1. The van der Waals surface area contributed by atoms with E-state index < -0.39 is 6.10 Å². The maximum absolute atomic E-state index is 12.9. The Morgan fingerprint density at radius 3 is 2.46 bits per heavy atom. The normalized spacial score (nSPS) is 37.2. The predicted octanol–water partition coefficient (Wildman–Crippen LogP) is 9.41. The Morgan fingerprint density at radius 1 is 0.949 bits per heavy atom. The number of allylic oxidation sites excluding steroid dienone is 1. The van der Waals surface area contributed by atoms with Crippen LogP contribution in [-0.4, -0.2) is 18.2 Å². The Labute approximate surface area is 238 Å². The maximum atomic E-state index is 12.9. The van der Waals surface area contributed by atoms with E-state index >= 15 is 0 Å². The second kappa shape index (κ2) is 11.6. The summed E-state index contributed by atoms with van der Waals surface area (Å²) in [5.41, 5.74) is 2.38. The van der Waals surface area contributed by atoms with Crippen molar-refractivity contribution < 1.29 is 14.3 Å². The molecule has 0 saturated heterocycles. The van der Waals surface area contributed by atoms with Gasteiger partial charge in [-0.2, -0.15) is 0 Å². The number of hydrogen-bond acceptors (Lipinski definition) is 3. The highest BCUT2D eigenvalue weighted by atomic mass is 16.6. The molecule has 3 nitrogen and oxygen atoms in total. The summed E-state index contributed by atoms with van der Waals surface area (Å²) in [7, 11) is 0. The van der Waals surface area contributed by atoms with Crippen molar-refractivity contribution in [2.75, 3.05) is 0 Å². The third-order valence-electron chi connectivity index (χ3n) is 11.9. The van der Waals surface area contributed by atoms with E-state index in [1.54, 1.807) is 12.5 Å². The van der Waals surface area contributed by atoms with Gasteiger partial charge in [-0.1, -0.05) is 83.7 Å². The number of para-hydroxylation sites is 1. The second-order valence-corrected chi connectivity index (χ2v) is 14.7. The average Bonchev–Trinajstić information content (AvgIpc) is 3.26. The van der Waals surface area contributed by atoms with Gasteiger partial charge in [0.2, 0.25) is 0 Å². The lowest BCUT2D eigenvalue weighted by molar-refractivity contribution is -0.159. The molecule has 3 saturated carbocycles. The molecule has 0 bridgehead atoms. The molecular weight excluding hydrogens is 480 g/mol. The minimum atomic E-state index is -0.593. The molecule has 4 aliphatic carbocycles. The van der Waals surface area contributed by atoms with Gasteiger partial charge in [0.15, 0.2) is 6.10 Å². The van der Waals surface area contributed by atoms with E-state index in [2.05, 4.69) is 40.7 Å². The molecule has 3 heteroatoms. The fraction of sp³-hybridized carbons (Fsp3) is 0.750. The molecule has 1 aromatic carbocycles. The molecule has 1 aromatic rings. The van der Waals surface area contributed by atoms with Gasteiger partial charge in [-0.15, -0.1) is 0 Å². The van der Waals surface area contributed by atoms with Crippen LogP contribution in [0.3, 0.4) is 0 Å². The topological polar surface area (TPSA) is 35.5 Å². The van der Waals surface area contributed by atoms with Gasteiger partial charge < -0.3 is 9.47 Å². The number of fused-ring (bicyclic) bond motifs is 5. The molecule has 0 N–H and O–H groups in total. The Morgan fingerprint density at radius 2 is 1.72 bits per heavy atom. The Kier molecular flexibility index (Phi) is 8.56. The Bertz CT molecular complexity index is 1010. The van der Waals surface area contributed by atoms with E-state index in [1.807, 2.05) is 30.3 Å². The van der Waals surface area contributed by atoms with Crippen molar-refractivity contribution in [2.24, 2.45) is 46.3 Å². The summed E-state index contributed by atoms with van der Waals surface area (Å²) in [4.78, 5) is 12.9. The summed E-state index contributed by atoms with van der Waals surface area (Å²) in [6.07, 6.45) is 16.1. The highest BCUT2D eigenvalue weighted by Crippen LogP contribution is 2.67. The lowest BCUT2D eigenvalue weighted by Crippen LogP contribution is -2.51. The molecule has 39 heavy (non-hydrogen) atoms. The number of rotatable bonds is 9. The highest BCUT2D eigenvalue weighted by molar-refractivity contribution is 5.74. The SMILES string of the molecule is CC(C)CCC[C@H](C)[C@@H]1CC[C@@H]2[C@H]3CC=C4C[C@@H](OC(=O)[C@H](C)Oc5ccccc5)CC[C@]4(C)[C@@H]3CC[C@@]21C. The molecule has 216 valence electrons. The van der Waals surface area contributed by atoms with Crippen LogP contribution in [0.4, 0.5) is 0 Å². The number of carbonyl (C=O) groups is 1. The molecule has 5 rings (SSSR count).